The van der Waals surface area contributed by atoms with Gasteiger partial charge in [-0.25, -0.2) is 0 Å². The molecule has 1 saturated carbocycles. The quantitative estimate of drug-likeness (QED) is 0.817. The van der Waals surface area contributed by atoms with Crippen LogP contribution in [0.15, 0.2) is 42.5 Å². The highest BCUT2D eigenvalue weighted by molar-refractivity contribution is 6.36. The van der Waals surface area contributed by atoms with Gasteiger partial charge >= 0.3 is 0 Å². The minimum absolute atomic E-state index is 0.270. The second-order valence-corrected chi connectivity index (χ2v) is 6.18. The van der Waals surface area contributed by atoms with Crippen molar-refractivity contribution in [1.82, 2.24) is 0 Å². The van der Waals surface area contributed by atoms with Crippen molar-refractivity contribution in [1.29, 1.82) is 0 Å². The third-order valence-electron chi connectivity index (χ3n) is 4.19. The first-order valence-corrected chi connectivity index (χ1v) is 7.72. The topological polar surface area (TPSA) is 26.0 Å². The molecule has 20 heavy (non-hydrogen) atoms. The molecule has 104 valence electrons. The minimum atomic E-state index is -0.270. The van der Waals surface area contributed by atoms with Crippen molar-refractivity contribution in [2.45, 2.75) is 31.2 Å². The van der Waals surface area contributed by atoms with Gasteiger partial charge in [0.25, 0.3) is 0 Å². The standard InChI is InChI=1S/C17H17Cl2N/c18-14-9-4-10-15(19)16(14)17(20)13-8-2-1-7-12(13)11-5-3-6-11/h1-2,4,7-11,17H,3,5-6,20H2. The van der Waals surface area contributed by atoms with Crippen LogP contribution in [-0.4, -0.2) is 0 Å². The highest BCUT2D eigenvalue weighted by Crippen LogP contribution is 2.41. The highest BCUT2D eigenvalue weighted by atomic mass is 35.5. The van der Waals surface area contributed by atoms with Crippen molar-refractivity contribution in [3.8, 4) is 0 Å². The first kappa shape index (κ1) is 13.9. The van der Waals surface area contributed by atoms with Gasteiger partial charge in [-0.1, -0.05) is 60.0 Å². The van der Waals surface area contributed by atoms with Crippen LogP contribution >= 0.6 is 23.2 Å². The fraction of sp³-hybridized carbons (Fsp3) is 0.294. The average molecular weight is 306 g/mol. The molecule has 3 heteroatoms. The molecule has 0 bridgehead atoms. The van der Waals surface area contributed by atoms with E-state index in [1.807, 2.05) is 24.3 Å². The van der Waals surface area contributed by atoms with Crippen molar-refractivity contribution < 1.29 is 0 Å². The summed E-state index contributed by atoms with van der Waals surface area (Å²) >= 11 is 12.6. The Morgan fingerprint density at radius 3 is 2.20 bits per heavy atom. The van der Waals surface area contributed by atoms with Gasteiger partial charge in [-0.15, -0.1) is 0 Å². The third kappa shape index (κ3) is 2.46. The Labute approximate surface area is 129 Å². The Bertz CT molecular complexity index is 600. The fourth-order valence-electron chi connectivity index (χ4n) is 2.85. The Hall–Kier alpha value is -1.02. The van der Waals surface area contributed by atoms with Crippen molar-refractivity contribution in [3.63, 3.8) is 0 Å². The first-order chi connectivity index (χ1) is 9.68. The van der Waals surface area contributed by atoms with Gasteiger partial charge in [-0.2, -0.15) is 0 Å². The van der Waals surface area contributed by atoms with E-state index >= 15 is 0 Å². The molecule has 0 spiro atoms. The van der Waals surface area contributed by atoms with E-state index in [9.17, 15) is 0 Å². The number of hydrogen-bond donors (Lipinski definition) is 1. The van der Waals surface area contributed by atoms with Crippen LogP contribution in [0.5, 0.6) is 0 Å². The maximum absolute atomic E-state index is 6.47. The van der Waals surface area contributed by atoms with E-state index in [0.29, 0.717) is 16.0 Å². The molecule has 0 saturated heterocycles. The molecule has 1 aliphatic carbocycles. The second kappa shape index (κ2) is 5.77. The molecule has 0 heterocycles. The van der Waals surface area contributed by atoms with Crippen molar-refractivity contribution in [2.75, 3.05) is 0 Å². The summed E-state index contributed by atoms with van der Waals surface area (Å²) in [6.45, 7) is 0. The van der Waals surface area contributed by atoms with Gasteiger partial charge in [0, 0.05) is 15.6 Å². The lowest BCUT2D eigenvalue weighted by Crippen LogP contribution is -2.19. The molecular weight excluding hydrogens is 289 g/mol. The van der Waals surface area contributed by atoms with E-state index in [0.717, 1.165) is 11.1 Å². The third-order valence-corrected chi connectivity index (χ3v) is 4.85. The lowest BCUT2D eigenvalue weighted by atomic mass is 9.76. The van der Waals surface area contributed by atoms with Crippen LogP contribution in [0.1, 0.15) is 47.9 Å². The normalized spacial score (nSPS) is 16.8. The molecule has 1 fully saturated rings. The van der Waals surface area contributed by atoms with Crippen LogP contribution in [0, 0.1) is 0 Å². The molecule has 2 aromatic rings. The number of rotatable bonds is 3. The number of hydrogen-bond acceptors (Lipinski definition) is 1. The molecule has 1 nitrogen and oxygen atoms in total. The average Bonchev–Trinajstić information content (AvgIpc) is 2.37. The van der Waals surface area contributed by atoms with Gasteiger partial charge in [-0.3, -0.25) is 0 Å². The maximum atomic E-state index is 6.47. The fourth-order valence-corrected chi connectivity index (χ4v) is 3.48. The molecule has 2 aromatic carbocycles. The Morgan fingerprint density at radius 2 is 1.60 bits per heavy atom. The Kier molecular flexibility index (Phi) is 4.02. The molecule has 2 N–H and O–H groups in total. The Balaban J connectivity index is 2.04. The zero-order chi connectivity index (χ0) is 14.1. The van der Waals surface area contributed by atoms with Gasteiger partial charge in [0.05, 0.1) is 6.04 Å². The summed E-state index contributed by atoms with van der Waals surface area (Å²) < 4.78 is 0. The van der Waals surface area contributed by atoms with Crippen molar-refractivity contribution in [2.24, 2.45) is 5.73 Å². The monoisotopic (exact) mass is 305 g/mol. The molecule has 0 amide bonds. The summed E-state index contributed by atoms with van der Waals surface area (Å²) in [4.78, 5) is 0. The molecule has 0 aliphatic heterocycles. The van der Waals surface area contributed by atoms with Crippen molar-refractivity contribution >= 4 is 23.2 Å². The van der Waals surface area contributed by atoms with Crippen LogP contribution in [0.2, 0.25) is 10.0 Å². The van der Waals surface area contributed by atoms with Gasteiger partial charge in [-0.05, 0) is 42.0 Å². The van der Waals surface area contributed by atoms with Gasteiger partial charge in [0.15, 0.2) is 0 Å². The van der Waals surface area contributed by atoms with Gasteiger partial charge < -0.3 is 5.73 Å². The molecule has 1 unspecified atom stereocenters. The predicted octanol–water partition coefficient (Wildman–Crippen LogP) is 5.31. The molecule has 3 rings (SSSR count). The van der Waals surface area contributed by atoms with E-state index < -0.39 is 0 Å². The summed E-state index contributed by atoms with van der Waals surface area (Å²) in [5, 5.41) is 1.27. The summed E-state index contributed by atoms with van der Waals surface area (Å²) in [7, 11) is 0. The SMILES string of the molecule is NC(c1ccccc1C1CCC1)c1c(Cl)cccc1Cl. The molecule has 0 radical (unpaired) electrons. The van der Waals surface area contributed by atoms with Crippen LogP contribution in [0.3, 0.4) is 0 Å². The summed E-state index contributed by atoms with van der Waals surface area (Å²) in [6, 6.07) is 13.7. The summed E-state index contributed by atoms with van der Waals surface area (Å²) in [5.74, 6) is 0.638. The summed E-state index contributed by atoms with van der Waals surface area (Å²) in [5.41, 5.74) is 9.78. The lowest BCUT2D eigenvalue weighted by Gasteiger charge is -2.30. The lowest BCUT2D eigenvalue weighted by molar-refractivity contribution is 0.416. The number of halogens is 2. The molecule has 0 aromatic heterocycles. The number of benzene rings is 2. The molecule has 1 atom stereocenters. The van der Waals surface area contributed by atoms with Crippen LogP contribution in [0.25, 0.3) is 0 Å². The Morgan fingerprint density at radius 1 is 0.950 bits per heavy atom. The van der Waals surface area contributed by atoms with Crippen LogP contribution in [-0.2, 0) is 0 Å². The van der Waals surface area contributed by atoms with E-state index in [-0.39, 0.29) is 6.04 Å². The first-order valence-electron chi connectivity index (χ1n) is 6.97. The van der Waals surface area contributed by atoms with Crippen molar-refractivity contribution in [3.05, 3.63) is 69.2 Å². The van der Waals surface area contributed by atoms with E-state index in [1.54, 1.807) is 0 Å². The molecule has 1 aliphatic rings. The van der Waals surface area contributed by atoms with Gasteiger partial charge in [0.1, 0.15) is 0 Å². The van der Waals surface area contributed by atoms with E-state index in [1.165, 1.54) is 24.8 Å². The summed E-state index contributed by atoms with van der Waals surface area (Å²) in [6.07, 6.45) is 3.81. The second-order valence-electron chi connectivity index (χ2n) is 5.37. The van der Waals surface area contributed by atoms with E-state index in [2.05, 4.69) is 18.2 Å². The minimum Gasteiger partial charge on any atom is -0.320 e. The van der Waals surface area contributed by atoms with E-state index in [4.69, 9.17) is 28.9 Å². The highest BCUT2D eigenvalue weighted by Gasteiger charge is 2.25. The maximum Gasteiger partial charge on any atom is 0.0584 e. The zero-order valence-corrected chi connectivity index (χ0v) is 12.7. The van der Waals surface area contributed by atoms with Crippen LogP contribution in [0.4, 0.5) is 0 Å². The number of nitrogens with two attached hydrogens (primary N) is 1. The zero-order valence-electron chi connectivity index (χ0n) is 11.2. The predicted molar refractivity (Wildman–Crippen MR) is 85.5 cm³/mol. The van der Waals surface area contributed by atoms with Crippen LogP contribution < -0.4 is 5.73 Å². The smallest absolute Gasteiger partial charge is 0.0584 e. The molecular formula is C17H17Cl2N. The van der Waals surface area contributed by atoms with Gasteiger partial charge in [0.2, 0.25) is 0 Å². The largest absolute Gasteiger partial charge is 0.320 e.